The highest BCUT2D eigenvalue weighted by Gasteiger charge is 2.21. The molecule has 0 fully saturated rings. The van der Waals surface area contributed by atoms with Crippen molar-refractivity contribution in [3.8, 4) is 11.5 Å². The van der Waals surface area contributed by atoms with E-state index in [1.165, 1.54) is 7.11 Å². The van der Waals surface area contributed by atoms with Crippen LogP contribution in [-0.4, -0.2) is 37.4 Å². The quantitative estimate of drug-likeness (QED) is 0.646. The summed E-state index contributed by atoms with van der Waals surface area (Å²) in [6, 6.07) is 14.3. The molecule has 162 valence electrons. The molecule has 0 bridgehead atoms. The molecule has 0 unspecified atom stereocenters. The van der Waals surface area contributed by atoms with E-state index in [0.717, 1.165) is 5.56 Å². The Morgan fingerprint density at radius 2 is 1.70 bits per heavy atom. The Morgan fingerprint density at radius 1 is 1.00 bits per heavy atom. The molecule has 0 saturated carbocycles. The van der Waals surface area contributed by atoms with E-state index >= 15 is 0 Å². The summed E-state index contributed by atoms with van der Waals surface area (Å²) in [5.41, 5.74) is 0.625. The Bertz CT molecular complexity index is 845. The van der Waals surface area contributed by atoms with E-state index in [2.05, 4.69) is 5.32 Å². The fraction of sp³-hybridized carbons (Fsp3) is 0.391. The number of hydrogen-bond donors (Lipinski definition) is 1. The molecule has 0 aliphatic carbocycles. The maximum Gasteiger partial charge on any atom is 0.407 e. The summed E-state index contributed by atoms with van der Waals surface area (Å²) in [6.45, 7) is 7.56. The van der Waals surface area contributed by atoms with Crippen LogP contribution in [0.1, 0.15) is 43.6 Å². The maximum absolute atomic E-state index is 12.2. The van der Waals surface area contributed by atoms with Crippen molar-refractivity contribution in [3.05, 3.63) is 59.7 Å². The smallest absolute Gasteiger partial charge is 0.407 e. The molecule has 0 aromatic heterocycles. The molecule has 2 rings (SSSR count). The zero-order valence-electron chi connectivity index (χ0n) is 18.1. The van der Waals surface area contributed by atoms with Gasteiger partial charge in [-0.1, -0.05) is 36.4 Å². The number of benzene rings is 2. The van der Waals surface area contributed by atoms with Gasteiger partial charge in [0.15, 0.2) is 11.5 Å². The van der Waals surface area contributed by atoms with Crippen LogP contribution in [0, 0.1) is 0 Å². The van der Waals surface area contributed by atoms with Gasteiger partial charge in [0.2, 0.25) is 0 Å². The SMILES string of the molecule is COC(=O)c1cccc(OCc2ccccc2)c1OC[C@H](C)NC(=O)OC(C)(C)C. The number of nitrogens with one attached hydrogen (secondary N) is 1. The van der Waals surface area contributed by atoms with E-state index in [4.69, 9.17) is 18.9 Å². The normalized spacial score (nSPS) is 11.9. The van der Waals surface area contributed by atoms with Gasteiger partial charge in [0.1, 0.15) is 24.4 Å². The Kier molecular flexibility index (Phi) is 8.09. The van der Waals surface area contributed by atoms with Crippen molar-refractivity contribution in [2.75, 3.05) is 13.7 Å². The summed E-state index contributed by atoms with van der Waals surface area (Å²) >= 11 is 0. The number of carbonyl (C=O) groups is 2. The summed E-state index contributed by atoms with van der Waals surface area (Å²) in [5, 5.41) is 2.70. The highest BCUT2D eigenvalue weighted by Crippen LogP contribution is 2.32. The lowest BCUT2D eigenvalue weighted by atomic mass is 10.2. The molecule has 1 atom stereocenters. The highest BCUT2D eigenvalue weighted by atomic mass is 16.6. The minimum absolute atomic E-state index is 0.106. The zero-order chi connectivity index (χ0) is 22.1. The standard InChI is InChI=1S/C23H29NO6/c1-16(24-22(26)30-23(2,3)4)14-29-20-18(21(25)27-5)12-9-13-19(20)28-15-17-10-7-6-8-11-17/h6-13,16H,14-15H2,1-5H3,(H,24,26)/t16-/m0/s1. The summed E-state index contributed by atoms with van der Waals surface area (Å²) in [5.74, 6) is 0.132. The number of esters is 1. The van der Waals surface area contributed by atoms with E-state index in [1.54, 1.807) is 45.9 Å². The second-order valence-corrected chi connectivity index (χ2v) is 7.76. The first-order valence-corrected chi connectivity index (χ1v) is 9.70. The Labute approximate surface area is 177 Å². The topological polar surface area (TPSA) is 83.1 Å². The molecule has 2 aromatic rings. The van der Waals surface area contributed by atoms with Crippen LogP contribution >= 0.6 is 0 Å². The van der Waals surface area contributed by atoms with Crippen molar-refractivity contribution in [1.82, 2.24) is 5.32 Å². The predicted octanol–water partition coefficient (Wildman–Crippen LogP) is 4.34. The molecular weight excluding hydrogens is 386 g/mol. The fourth-order valence-corrected chi connectivity index (χ4v) is 2.54. The van der Waals surface area contributed by atoms with Gasteiger partial charge in [0.05, 0.1) is 13.2 Å². The predicted molar refractivity (Wildman–Crippen MR) is 113 cm³/mol. The Morgan fingerprint density at radius 3 is 2.33 bits per heavy atom. The zero-order valence-corrected chi connectivity index (χ0v) is 18.1. The van der Waals surface area contributed by atoms with Crippen LogP contribution in [-0.2, 0) is 16.1 Å². The van der Waals surface area contributed by atoms with Crippen LogP contribution in [0.5, 0.6) is 11.5 Å². The van der Waals surface area contributed by atoms with Gasteiger partial charge in [0.25, 0.3) is 0 Å². The second kappa shape index (κ2) is 10.5. The van der Waals surface area contributed by atoms with Crippen molar-refractivity contribution in [2.45, 2.75) is 45.9 Å². The number of rotatable bonds is 8. The molecule has 0 aliphatic heterocycles. The second-order valence-electron chi connectivity index (χ2n) is 7.76. The third-order valence-electron chi connectivity index (χ3n) is 3.86. The van der Waals surface area contributed by atoms with Gasteiger partial charge in [-0.3, -0.25) is 0 Å². The van der Waals surface area contributed by atoms with Gasteiger partial charge >= 0.3 is 12.1 Å². The van der Waals surface area contributed by atoms with Gasteiger partial charge in [-0.25, -0.2) is 9.59 Å². The van der Waals surface area contributed by atoms with Gasteiger partial charge in [-0.2, -0.15) is 0 Å². The van der Waals surface area contributed by atoms with Crippen LogP contribution in [0.3, 0.4) is 0 Å². The lowest BCUT2D eigenvalue weighted by molar-refractivity contribution is 0.0489. The van der Waals surface area contributed by atoms with E-state index in [1.807, 2.05) is 30.3 Å². The highest BCUT2D eigenvalue weighted by molar-refractivity contribution is 5.93. The number of hydrogen-bond acceptors (Lipinski definition) is 6. The molecule has 2 aromatic carbocycles. The van der Waals surface area contributed by atoms with E-state index in [0.29, 0.717) is 12.4 Å². The third-order valence-corrected chi connectivity index (χ3v) is 3.86. The van der Waals surface area contributed by atoms with Gasteiger partial charge in [-0.15, -0.1) is 0 Å². The molecule has 0 spiro atoms. The molecule has 0 aliphatic rings. The van der Waals surface area contributed by atoms with Crippen molar-refractivity contribution >= 4 is 12.1 Å². The van der Waals surface area contributed by atoms with Crippen LogP contribution in [0.2, 0.25) is 0 Å². The van der Waals surface area contributed by atoms with E-state index in [9.17, 15) is 9.59 Å². The minimum atomic E-state index is -0.597. The number of carbonyl (C=O) groups excluding carboxylic acids is 2. The Balaban J connectivity index is 2.11. The molecule has 0 radical (unpaired) electrons. The van der Waals surface area contributed by atoms with Gasteiger partial charge in [-0.05, 0) is 45.4 Å². The maximum atomic E-state index is 12.2. The van der Waals surface area contributed by atoms with Gasteiger partial charge in [0, 0.05) is 0 Å². The number of methoxy groups -OCH3 is 1. The molecule has 7 nitrogen and oxygen atoms in total. The number of ether oxygens (including phenoxy) is 4. The van der Waals surface area contributed by atoms with Crippen LogP contribution in [0.25, 0.3) is 0 Å². The molecule has 1 N–H and O–H groups in total. The molecule has 0 heterocycles. The lowest BCUT2D eigenvalue weighted by Crippen LogP contribution is -2.40. The van der Waals surface area contributed by atoms with E-state index < -0.39 is 17.7 Å². The minimum Gasteiger partial charge on any atom is -0.487 e. The molecule has 7 heteroatoms. The van der Waals surface area contributed by atoms with Crippen LogP contribution in [0.4, 0.5) is 4.79 Å². The van der Waals surface area contributed by atoms with Crippen molar-refractivity contribution < 1.29 is 28.5 Å². The first-order chi connectivity index (χ1) is 14.2. The largest absolute Gasteiger partial charge is 0.487 e. The van der Waals surface area contributed by atoms with Crippen molar-refractivity contribution in [1.29, 1.82) is 0 Å². The monoisotopic (exact) mass is 415 g/mol. The van der Waals surface area contributed by atoms with Crippen molar-refractivity contribution in [3.63, 3.8) is 0 Å². The molecule has 0 saturated heterocycles. The summed E-state index contributed by atoms with van der Waals surface area (Å²) in [4.78, 5) is 24.1. The van der Waals surface area contributed by atoms with Crippen LogP contribution < -0.4 is 14.8 Å². The lowest BCUT2D eigenvalue weighted by Gasteiger charge is -2.22. The molecule has 1 amide bonds. The van der Waals surface area contributed by atoms with Gasteiger partial charge < -0.3 is 24.3 Å². The molecule has 30 heavy (non-hydrogen) atoms. The van der Waals surface area contributed by atoms with Crippen molar-refractivity contribution in [2.24, 2.45) is 0 Å². The average Bonchev–Trinajstić information content (AvgIpc) is 2.69. The number of para-hydroxylation sites is 1. The van der Waals surface area contributed by atoms with Crippen LogP contribution in [0.15, 0.2) is 48.5 Å². The first kappa shape index (κ1) is 23.1. The summed E-state index contributed by atoms with van der Waals surface area (Å²) in [6.07, 6.45) is -0.541. The summed E-state index contributed by atoms with van der Waals surface area (Å²) in [7, 11) is 1.30. The third kappa shape index (κ3) is 7.31. The first-order valence-electron chi connectivity index (χ1n) is 9.70. The average molecular weight is 415 g/mol. The number of amides is 1. The molecular formula is C23H29NO6. The fourth-order valence-electron chi connectivity index (χ4n) is 2.54. The number of alkyl carbamates (subject to hydrolysis) is 1. The summed E-state index contributed by atoms with van der Waals surface area (Å²) < 4.78 is 21.9. The Hall–Kier alpha value is -3.22. The van der Waals surface area contributed by atoms with E-state index in [-0.39, 0.29) is 24.0 Å².